The molecule has 6 aliphatic rings. The maximum atomic E-state index is 11.9. The third kappa shape index (κ3) is 7.43. The summed E-state index contributed by atoms with van der Waals surface area (Å²) in [6.45, 7) is 12.8. The predicted octanol–water partition coefficient (Wildman–Crippen LogP) is 4.78. The van der Waals surface area contributed by atoms with Gasteiger partial charge in [-0.2, -0.15) is 10.2 Å². The summed E-state index contributed by atoms with van der Waals surface area (Å²) in [6.07, 6.45) is 13.6. The van der Waals surface area contributed by atoms with Crippen molar-refractivity contribution in [3.05, 3.63) is 29.7 Å². The van der Waals surface area contributed by atoms with E-state index in [1.165, 1.54) is 75.8 Å². The second kappa shape index (κ2) is 14.5. The number of piperidine rings is 2. The van der Waals surface area contributed by atoms with E-state index in [1.807, 2.05) is 35.9 Å². The zero-order valence-electron chi connectivity index (χ0n) is 29.6. The van der Waals surface area contributed by atoms with Crippen molar-refractivity contribution in [3.63, 3.8) is 0 Å². The summed E-state index contributed by atoms with van der Waals surface area (Å²) < 4.78 is 10.3. The number of nitrogens with two attached hydrogens (primary N) is 1. The molecule has 2 aromatic rings. The predicted molar refractivity (Wildman–Crippen MR) is 186 cm³/mol. The third-order valence-corrected chi connectivity index (χ3v) is 12.7. The molecule has 8 rings (SSSR count). The molecule has 0 atom stereocenters. The zero-order valence-corrected chi connectivity index (χ0v) is 29.6. The minimum Gasteiger partial charge on any atom is -0.450 e. The summed E-state index contributed by atoms with van der Waals surface area (Å²) in [5, 5.41) is 14.3. The number of H-pyrrole nitrogens is 2. The van der Waals surface area contributed by atoms with Gasteiger partial charge in [-0.15, -0.1) is 0 Å². The van der Waals surface area contributed by atoms with E-state index in [9.17, 15) is 9.59 Å². The summed E-state index contributed by atoms with van der Waals surface area (Å²) in [7, 11) is 0. The molecule has 49 heavy (non-hydrogen) atoms. The molecule has 0 radical (unpaired) electrons. The fraction of sp³-hybridized carbons (Fsp3) is 0.778. The van der Waals surface area contributed by atoms with Crippen LogP contribution in [0.2, 0.25) is 0 Å². The fourth-order valence-electron chi connectivity index (χ4n) is 9.88. The molecule has 0 bridgehead atoms. The lowest BCUT2D eigenvalue weighted by Gasteiger charge is -2.51. The van der Waals surface area contributed by atoms with Gasteiger partial charge >= 0.3 is 12.2 Å². The normalized spacial score (nSPS) is 31.0. The average molecular weight is 680 g/mol. The summed E-state index contributed by atoms with van der Waals surface area (Å²) in [4.78, 5) is 32.9. The van der Waals surface area contributed by atoms with Crippen molar-refractivity contribution in [2.45, 2.75) is 102 Å². The molecule has 270 valence electrons. The summed E-state index contributed by atoms with van der Waals surface area (Å²) in [5.41, 5.74) is 8.92. The van der Waals surface area contributed by atoms with Crippen molar-refractivity contribution < 1.29 is 19.1 Å². The van der Waals surface area contributed by atoms with E-state index in [0.717, 1.165) is 58.2 Å². The topological polar surface area (TPSA) is 149 Å². The zero-order chi connectivity index (χ0) is 34.0. The lowest BCUT2D eigenvalue weighted by atomic mass is 9.64. The lowest BCUT2D eigenvalue weighted by molar-refractivity contribution is -0.00490. The number of anilines is 1. The summed E-state index contributed by atoms with van der Waals surface area (Å²) in [5.74, 6) is 1.79. The maximum Gasteiger partial charge on any atom is 0.409 e. The van der Waals surface area contributed by atoms with Crippen molar-refractivity contribution in [2.24, 2.45) is 10.8 Å². The Kier molecular flexibility index (Phi) is 10.1. The first-order valence-corrected chi connectivity index (χ1v) is 18.9. The number of rotatable bonds is 6. The molecule has 6 fully saturated rings. The van der Waals surface area contributed by atoms with E-state index in [-0.39, 0.29) is 12.2 Å². The van der Waals surface area contributed by atoms with Crippen LogP contribution in [0.4, 0.5) is 15.4 Å². The molecule has 4 N–H and O–H groups in total. The van der Waals surface area contributed by atoms with Crippen LogP contribution in [0.25, 0.3) is 0 Å². The van der Waals surface area contributed by atoms with Crippen LogP contribution in [0.15, 0.2) is 18.3 Å². The van der Waals surface area contributed by atoms with Crippen LogP contribution < -0.4 is 5.73 Å². The molecule has 2 aromatic heterocycles. The van der Waals surface area contributed by atoms with Gasteiger partial charge in [0.1, 0.15) is 5.82 Å². The second-order valence-corrected chi connectivity index (χ2v) is 15.7. The van der Waals surface area contributed by atoms with Gasteiger partial charge in [-0.05, 0) is 121 Å². The van der Waals surface area contributed by atoms with Gasteiger partial charge in [0.25, 0.3) is 0 Å². The largest absolute Gasteiger partial charge is 0.450 e. The SMILES string of the molecule is CCOC(=O)N1CCC2(CC(N3CCC(c4cc(N)n[nH]4)CC3)C2)C1.CCOC(=O)N1CCC2(CC(N3CCC(c4ccn[nH]4)CC3)C2)C1. The number of aromatic nitrogens is 4. The van der Waals surface area contributed by atoms with Crippen LogP contribution in [-0.4, -0.2) is 130 Å². The van der Waals surface area contributed by atoms with Crippen molar-refractivity contribution in [3.8, 4) is 0 Å². The number of nitrogens with one attached hydrogen (secondary N) is 2. The molecule has 2 saturated carbocycles. The smallest absolute Gasteiger partial charge is 0.409 e. The highest BCUT2D eigenvalue weighted by molar-refractivity contribution is 5.68. The molecular weight excluding hydrogens is 622 g/mol. The number of carbonyl (C=O) groups excluding carboxylic acids is 2. The van der Waals surface area contributed by atoms with E-state index >= 15 is 0 Å². The second-order valence-electron chi connectivity index (χ2n) is 15.7. The van der Waals surface area contributed by atoms with Gasteiger partial charge < -0.3 is 34.8 Å². The number of likely N-dealkylation sites (tertiary alicyclic amines) is 4. The van der Waals surface area contributed by atoms with Crippen LogP contribution in [0.1, 0.15) is 101 Å². The van der Waals surface area contributed by atoms with Crippen molar-refractivity contribution in [1.29, 1.82) is 0 Å². The van der Waals surface area contributed by atoms with Crippen LogP contribution in [0.5, 0.6) is 0 Å². The number of hydrogen-bond acceptors (Lipinski definition) is 9. The first-order valence-electron chi connectivity index (χ1n) is 18.9. The number of nitrogens with zero attached hydrogens (tertiary/aromatic N) is 6. The van der Waals surface area contributed by atoms with Crippen molar-refractivity contribution in [1.82, 2.24) is 40.0 Å². The Labute approximate surface area is 290 Å². The number of aromatic amines is 2. The molecule has 13 heteroatoms. The van der Waals surface area contributed by atoms with Gasteiger partial charge in [-0.1, -0.05) is 0 Å². The highest BCUT2D eigenvalue weighted by atomic mass is 16.6. The minimum absolute atomic E-state index is 0.127. The number of hydrogen-bond donors (Lipinski definition) is 3. The molecule has 2 amide bonds. The van der Waals surface area contributed by atoms with E-state index in [1.54, 1.807) is 0 Å². The quantitative estimate of drug-likeness (QED) is 0.392. The molecule has 2 spiro atoms. The Balaban J connectivity index is 0.000000154. The van der Waals surface area contributed by atoms with Gasteiger partial charge in [-0.3, -0.25) is 10.2 Å². The molecule has 0 aromatic carbocycles. The van der Waals surface area contributed by atoms with E-state index < -0.39 is 0 Å². The summed E-state index contributed by atoms with van der Waals surface area (Å²) >= 11 is 0. The fourth-order valence-corrected chi connectivity index (χ4v) is 9.88. The third-order valence-electron chi connectivity index (χ3n) is 12.7. The van der Waals surface area contributed by atoms with Crippen molar-refractivity contribution in [2.75, 3.05) is 71.3 Å². The van der Waals surface area contributed by atoms with E-state index in [2.05, 4.69) is 36.3 Å². The Morgan fingerprint density at radius 1 is 0.776 bits per heavy atom. The first-order chi connectivity index (χ1) is 23.8. The Morgan fingerprint density at radius 3 is 1.67 bits per heavy atom. The molecule has 13 nitrogen and oxygen atoms in total. The maximum absolute atomic E-state index is 11.9. The van der Waals surface area contributed by atoms with E-state index in [4.69, 9.17) is 15.2 Å². The highest BCUT2D eigenvalue weighted by Gasteiger charge is 2.52. The monoisotopic (exact) mass is 679 g/mol. The first kappa shape index (κ1) is 34.1. The number of carbonyl (C=O) groups is 2. The van der Waals surface area contributed by atoms with E-state index in [0.29, 0.717) is 47.7 Å². The van der Waals surface area contributed by atoms with Gasteiger partial charge in [-0.25, -0.2) is 9.59 Å². The van der Waals surface area contributed by atoms with Crippen LogP contribution in [0.3, 0.4) is 0 Å². The molecule has 4 saturated heterocycles. The molecule has 6 heterocycles. The lowest BCUT2D eigenvalue weighted by Crippen LogP contribution is -2.54. The van der Waals surface area contributed by atoms with Crippen LogP contribution in [0, 0.1) is 10.8 Å². The average Bonchev–Trinajstić information content (AvgIpc) is 3.91. The van der Waals surface area contributed by atoms with Gasteiger partial charge in [0.2, 0.25) is 0 Å². The molecular formula is C36H57N9O4. The minimum atomic E-state index is -0.137. The van der Waals surface area contributed by atoms with Crippen molar-refractivity contribution >= 4 is 18.0 Å². The Bertz CT molecular complexity index is 1390. The van der Waals surface area contributed by atoms with Gasteiger partial charge in [0.05, 0.1) is 13.2 Å². The standard InChI is InChI=1S/C18H29N5O2.C18H28N4O2/c1-2-25-17(24)23-8-5-18(12-23)10-14(11-18)22-6-3-13(4-7-22)15-9-16(19)21-20-15;1-2-24-17(23)22-10-6-18(13-22)11-15(12-18)21-8-4-14(5-9-21)16-3-7-19-20-16/h9,13-14H,2-8,10-12H2,1H3,(H3,19,20,21);3,7,14-15H,2,4-6,8-13H2,1H3,(H,19,20). The molecule has 2 aliphatic carbocycles. The molecule has 4 aliphatic heterocycles. The Morgan fingerprint density at radius 2 is 1.27 bits per heavy atom. The number of amides is 2. The Hall–Kier alpha value is -3.32. The number of ether oxygens (including phenoxy) is 2. The van der Waals surface area contributed by atoms with Crippen LogP contribution >= 0.6 is 0 Å². The van der Waals surface area contributed by atoms with Gasteiger partial charge in [0.15, 0.2) is 0 Å². The van der Waals surface area contributed by atoms with Gasteiger partial charge in [0, 0.05) is 73.7 Å². The van der Waals surface area contributed by atoms with Crippen LogP contribution in [-0.2, 0) is 9.47 Å². The summed E-state index contributed by atoms with van der Waals surface area (Å²) in [6, 6.07) is 5.49. The molecule has 0 unspecified atom stereocenters. The highest BCUT2D eigenvalue weighted by Crippen LogP contribution is 2.52. The number of nitrogen functional groups attached to an aromatic ring is 1.